The number of esters is 1. The van der Waals surface area contributed by atoms with Gasteiger partial charge in [0.15, 0.2) is 0 Å². The number of anilines is 1. The summed E-state index contributed by atoms with van der Waals surface area (Å²) in [5.41, 5.74) is 4.30. The first-order chi connectivity index (χ1) is 19.0. The van der Waals surface area contributed by atoms with Crippen molar-refractivity contribution in [3.63, 3.8) is 0 Å². The lowest BCUT2D eigenvalue weighted by molar-refractivity contribution is 0.0522. The highest BCUT2D eigenvalue weighted by Crippen LogP contribution is 2.43. The van der Waals surface area contributed by atoms with Crippen LogP contribution in [-0.4, -0.2) is 32.1 Å². The summed E-state index contributed by atoms with van der Waals surface area (Å²) in [4.78, 5) is 16.7. The van der Waals surface area contributed by atoms with Crippen LogP contribution in [0.2, 0.25) is 0 Å². The van der Waals surface area contributed by atoms with Gasteiger partial charge in [0, 0.05) is 35.1 Å². The summed E-state index contributed by atoms with van der Waals surface area (Å²) < 4.78 is 28.7. The van der Waals surface area contributed by atoms with Gasteiger partial charge in [-0.2, -0.15) is 5.26 Å². The molecule has 1 saturated carbocycles. The van der Waals surface area contributed by atoms with Crippen molar-refractivity contribution in [3.05, 3.63) is 71.9 Å². The fourth-order valence-corrected chi connectivity index (χ4v) is 5.66. The molecule has 5 rings (SSSR count). The Bertz CT molecular complexity index is 1570. The van der Waals surface area contributed by atoms with E-state index >= 15 is 0 Å². The van der Waals surface area contributed by atoms with Gasteiger partial charge in [0.2, 0.25) is 5.88 Å². The third-order valence-electron chi connectivity index (χ3n) is 6.79. The normalized spacial score (nSPS) is 13.9. The Kier molecular flexibility index (Phi) is 7.94. The van der Waals surface area contributed by atoms with E-state index in [4.69, 9.17) is 9.47 Å². The van der Waals surface area contributed by atoms with Crippen LogP contribution in [0.15, 0.2) is 60.8 Å². The number of hydrogen-bond acceptors (Lipinski definition) is 6. The standard InChI is InChI=1S/C30H30N4O4S/c1-3-17-39(36)33-21-12-10-20(11-13-21)28-26(19-31)24-15-14-23(18-27(24)34(28)22-7-5-8-22)38-29-25(9-6-16-32-29)30(35)37-4-2/h6,9-16,18,22,33H,3-5,7-8,17H2,1-2H3. The quantitative estimate of drug-likeness (QED) is 0.222. The number of ether oxygens (including phenoxy) is 2. The second-order valence-electron chi connectivity index (χ2n) is 9.38. The van der Waals surface area contributed by atoms with Gasteiger partial charge in [-0.25, -0.2) is 14.0 Å². The van der Waals surface area contributed by atoms with Crippen molar-refractivity contribution in [1.29, 1.82) is 5.26 Å². The van der Waals surface area contributed by atoms with Crippen molar-refractivity contribution < 1.29 is 18.5 Å². The van der Waals surface area contributed by atoms with Gasteiger partial charge in [0.1, 0.15) is 28.4 Å². The van der Waals surface area contributed by atoms with Crippen molar-refractivity contribution >= 4 is 33.5 Å². The molecule has 1 N–H and O–H groups in total. The SMILES string of the molecule is CCCS(=O)Nc1ccc(-c2c(C#N)c3ccc(Oc4ncccc4C(=O)OCC)cc3n2C2CCC2)cc1. The molecule has 1 fully saturated rings. The molecule has 0 saturated heterocycles. The molecule has 1 atom stereocenters. The summed E-state index contributed by atoms with van der Waals surface area (Å²) in [6.07, 6.45) is 5.58. The third-order valence-corrected chi connectivity index (χ3v) is 8.03. The molecule has 2 aromatic carbocycles. The average Bonchev–Trinajstić information content (AvgIpc) is 3.22. The lowest BCUT2D eigenvalue weighted by atomic mass is 9.92. The first-order valence-corrected chi connectivity index (χ1v) is 14.5. The zero-order chi connectivity index (χ0) is 27.4. The predicted octanol–water partition coefficient (Wildman–Crippen LogP) is 6.75. The van der Waals surface area contributed by atoms with Crippen molar-refractivity contribution in [3.8, 4) is 29.0 Å². The Morgan fingerprint density at radius 2 is 1.97 bits per heavy atom. The molecule has 200 valence electrons. The number of nitriles is 1. The number of pyridine rings is 1. The molecule has 0 radical (unpaired) electrons. The minimum absolute atomic E-state index is 0.168. The second kappa shape index (κ2) is 11.7. The van der Waals surface area contributed by atoms with Crippen molar-refractivity contribution in [1.82, 2.24) is 9.55 Å². The highest BCUT2D eigenvalue weighted by Gasteiger charge is 2.28. The van der Waals surface area contributed by atoms with Crippen molar-refractivity contribution in [2.45, 2.75) is 45.6 Å². The lowest BCUT2D eigenvalue weighted by Gasteiger charge is -2.30. The van der Waals surface area contributed by atoms with Gasteiger partial charge in [-0.3, -0.25) is 0 Å². The van der Waals surface area contributed by atoms with Crippen LogP contribution in [0, 0.1) is 11.3 Å². The highest BCUT2D eigenvalue weighted by molar-refractivity contribution is 7.86. The van der Waals surface area contributed by atoms with E-state index in [2.05, 4.69) is 20.3 Å². The molecule has 9 heteroatoms. The summed E-state index contributed by atoms with van der Waals surface area (Å²) in [5, 5.41) is 11.1. The highest BCUT2D eigenvalue weighted by atomic mass is 32.2. The molecule has 4 aromatic rings. The van der Waals surface area contributed by atoms with Crippen LogP contribution in [0.5, 0.6) is 11.6 Å². The number of hydrogen-bond donors (Lipinski definition) is 1. The van der Waals surface area contributed by atoms with Gasteiger partial charge in [0.05, 0.1) is 23.4 Å². The van der Waals surface area contributed by atoms with E-state index < -0.39 is 17.0 Å². The average molecular weight is 543 g/mol. The zero-order valence-corrected chi connectivity index (χ0v) is 22.8. The molecule has 1 aliphatic rings. The number of nitrogens with zero attached hydrogens (tertiary/aromatic N) is 3. The van der Waals surface area contributed by atoms with E-state index in [1.54, 1.807) is 31.3 Å². The van der Waals surface area contributed by atoms with Gasteiger partial charge in [-0.1, -0.05) is 19.1 Å². The first kappa shape index (κ1) is 26.4. The van der Waals surface area contributed by atoms with Crippen LogP contribution in [0.1, 0.15) is 61.5 Å². The van der Waals surface area contributed by atoms with Gasteiger partial charge in [-0.15, -0.1) is 0 Å². The number of aromatic nitrogens is 2. The molecule has 2 aromatic heterocycles. The molecule has 39 heavy (non-hydrogen) atoms. The van der Waals surface area contributed by atoms with Crippen LogP contribution in [0.3, 0.4) is 0 Å². The Balaban J connectivity index is 1.56. The van der Waals surface area contributed by atoms with Crippen molar-refractivity contribution in [2.24, 2.45) is 0 Å². The van der Waals surface area contributed by atoms with Crippen LogP contribution >= 0.6 is 0 Å². The predicted molar refractivity (Wildman–Crippen MR) is 152 cm³/mol. The molecule has 1 unspecified atom stereocenters. The molecular formula is C30H30N4O4S. The van der Waals surface area contributed by atoms with Crippen LogP contribution in [0.25, 0.3) is 22.2 Å². The number of carbonyl (C=O) groups is 1. The van der Waals surface area contributed by atoms with Crippen LogP contribution in [0.4, 0.5) is 5.69 Å². The summed E-state index contributed by atoms with van der Waals surface area (Å²) in [7, 11) is -1.13. The smallest absolute Gasteiger partial charge is 0.343 e. The van der Waals surface area contributed by atoms with E-state index in [9.17, 15) is 14.3 Å². The minimum atomic E-state index is -1.13. The lowest BCUT2D eigenvalue weighted by Crippen LogP contribution is -2.17. The van der Waals surface area contributed by atoms with Gasteiger partial charge >= 0.3 is 5.97 Å². The molecule has 0 bridgehead atoms. The fourth-order valence-electron chi connectivity index (χ4n) is 4.79. The molecule has 0 aliphatic heterocycles. The van der Waals surface area contributed by atoms with E-state index in [1.807, 2.05) is 43.3 Å². The maximum atomic E-state index is 12.4. The number of carbonyl (C=O) groups excluding carboxylic acids is 1. The Morgan fingerprint density at radius 3 is 2.64 bits per heavy atom. The summed E-state index contributed by atoms with van der Waals surface area (Å²) in [5.74, 6) is 0.769. The third kappa shape index (κ3) is 5.38. The molecule has 0 amide bonds. The van der Waals surface area contributed by atoms with Gasteiger partial charge in [-0.05, 0) is 74.6 Å². The summed E-state index contributed by atoms with van der Waals surface area (Å²) in [6, 6.07) is 19.3. The fraction of sp³-hybridized carbons (Fsp3) is 0.300. The Morgan fingerprint density at radius 1 is 1.18 bits per heavy atom. The van der Waals surface area contributed by atoms with Crippen LogP contribution in [-0.2, 0) is 15.7 Å². The van der Waals surface area contributed by atoms with E-state index in [0.29, 0.717) is 17.1 Å². The monoisotopic (exact) mass is 542 g/mol. The maximum Gasteiger partial charge on any atom is 0.343 e. The minimum Gasteiger partial charge on any atom is -0.462 e. The number of benzene rings is 2. The van der Waals surface area contributed by atoms with E-state index in [0.717, 1.165) is 53.5 Å². The van der Waals surface area contributed by atoms with Gasteiger partial charge in [0.25, 0.3) is 0 Å². The topological polar surface area (TPSA) is 106 Å². The number of nitrogens with one attached hydrogen (secondary N) is 1. The molecule has 8 nitrogen and oxygen atoms in total. The maximum absolute atomic E-state index is 12.4. The second-order valence-corrected chi connectivity index (χ2v) is 10.7. The summed E-state index contributed by atoms with van der Waals surface area (Å²) >= 11 is 0. The van der Waals surface area contributed by atoms with Crippen LogP contribution < -0.4 is 9.46 Å². The Hall–Kier alpha value is -4.16. The Labute approximate surface area is 230 Å². The van der Waals surface area contributed by atoms with E-state index in [1.165, 1.54) is 0 Å². The first-order valence-electron chi connectivity index (χ1n) is 13.2. The van der Waals surface area contributed by atoms with Gasteiger partial charge < -0.3 is 18.8 Å². The molecular weight excluding hydrogens is 512 g/mol. The zero-order valence-electron chi connectivity index (χ0n) is 22.0. The molecule has 2 heterocycles. The van der Waals surface area contributed by atoms with Crippen molar-refractivity contribution in [2.75, 3.05) is 17.1 Å². The summed E-state index contributed by atoms with van der Waals surface area (Å²) in [6.45, 7) is 4.00. The largest absolute Gasteiger partial charge is 0.462 e. The molecule has 0 spiro atoms. The number of rotatable bonds is 10. The number of fused-ring (bicyclic) bond motifs is 1. The molecule has 1 aliphatic carbocycles. The van der Waals surface area contributed by atoms with E-state index in [-0.39, 0.29) is 24.1 Å².